The molecule has 2 aromatic carbocycles. The minimum atomic E-state index is -4.83. The summed E-state index contributed by atoms with van der Waals surface area (Å²) in [6, 6.07) is 9.70. The SMILES string of the molecule is CN(C)c1ccc(CN(C)S(=O)(=O)c2ccc(Cl)cc2C(F)(F)F)cc1. The highest BCUT2D eigenvalue weighted by Gasteiger charge is 2.38. The van der Waals surface area contributed by atoms with E-state index in [2.05, 4.69) is 0 Å². The molecule has 0 radical (unpaired) electrons. The lowest BCUT2D eigenvalue weighted by Gasteiger charge is -2.21. The second-order valence-electron chi connectivity index (χ2n) is 5.96. The van der Waals surface area contributed by atoms with Crippen LogP contribution in [0, 0.1) is 0 Å². The number of hydrogen-bond donors (Lipinski definition) is 0. The van der Waals surface area contributed by atoms with Gasteiger partial charge in [0.2, 0.25) is 10.0 Å². The van der Waals surface area contributed by atoms with E-state index < -0.39 is 26.7 Å². The van der Waals surface area contributed by atoms with Gasteiger partial charge in [-0.3, -0.25) is 0 Å². The van der Waals surface area contributed by atoms with E-state index in [0.717, 1.165) is 22.1 Å². The number of rotatable bonds is 5. The van der Waals surface area contributed by atoms with Crippen LogP contribution >= 0.6 is 11.6 Å². The third-order valence-corrected chi connectivity index (χ3v) is 5.89. The Kier molecular flexibility index (Phi) is 5.89. The van der Waals surface area contributed by atoms with Gasteiger partial charge < -0.3 is 4.90 Å². The van der Waals surface area contributed by atoms with E-state index in [9.17, 15) is 21.6 Å². The van der Waals surface area contributed by atoms with Gasteiger partial charge in [-0.1, -0.05) is 23.7 Å². The molecule has 0 saturated heterocycles. The predicted octanol–water partition coefficient (Wildman–Crippen LogP) is 4.25. The summed E-state index contributed by atoms with van der Waals surface area (Å²) < 4.78 is 65.9. The van der Waals surface area contributed by atoms with Gasteiger partial charge >= 0.3 is 6.18 Å². The molecule has 0 bridgehead atoms. The molecule has 0 atom stereocenters. The molecule has 0 aliphatic rings. The monoisotopic (exact) mass is 406 g/mol. The van der Waals surface area contributed by atoms with Crippen molar-refractivity contribution in [2.75, 3.05) is 26.0 Å². The summed E-state index contributed by atoms with van der Waals surface area (Å²) in [4.78, 5) is 1.06. The van der Waals surface area contributed by atoms with Crippen molar-refractivity contribution >= 4 is 27.3 Å². The zero-order valence-corrected chi connectivity index (χ0v) is 16.0. The highest BCUT2D eigenvalue weighted by molar-refractivity contribution is 7.89. The second kappa shape index (κ2) is 7.46. The summed E-state index contributed by atoms with van der Waals surface area (Å²) >= 11 is 5.61. The topological polar surface area (TPSA) is 40.6 Å². The maximum Gasteiger partial charge on any atom is 0.417 e. The Balaban J connectivity index is 2.35. The molecule has 142 valence electrons. The minimum Gasteiger partial charge on any atom is -0.378 e. The Hall–Kier alpha value is -1.77. The molecule has 0 amide bonds. The highest BCUT2D eigenvalue weighted by atomic mass is 35.5. The van der Waals surface area contributed by atoms with Crippen LogP contribution in [0.4, 0.5) is 18.9 Å². The largest absolute Gasteiger partial charge is 0.417 e. The van der Waals surface area contributed by atoms with Crippen molar-refractivity contribution in [3.05, 3.63) is 58.6 Å². The van der Waals surface area contributed by atoms with E-state index >= 15 is 0 Å². The standard InChI is InChI=1S/C17H18ClF3N2O2S/c1-22(2)14-7-4-12(5-8-14)11-23(3)26(24,25)16-9-6-13(18)10-15(16)17(19,20)21/h4-10H,11H2,1-3H3. The Morgan fingerprint density at radius 1 is 1.00 bits per heavy atom. The molecule has 0 aliphatic heterocycles. The third-order valence-electron chi connectivity index (χ3n) is 3.79. The molecule has 2 aromatic rings. The van der Waals surface area contributed by atoms with Gasteiger partial charge in [-0.05, 0) is 35.9 Å². The first kappa shape index (κ1) is 20.5. The maximum absolute atomic E-state index is 13.2. The lowest BCUT2D eigenvalue weighted by Crippen LogP contribution is -2.28. The summed E-state index contributed by atoms with van der Waals surface area (Å²) in [5, 5.41) is -0.182. The van der Waals surface area contributed by atoms with Crippen LogP contribution < -0.4 is 4.90 Å². The van der Waals surface area contributed by atoms with Crippen molar-refractivity contribution in [2.45, 2.75) is 17.6 Å². The van der Waals surface area contributed by atoms with Crippen LogP contribution in [0.5, 0.6) is 0 Å². The van der Waals surface area contributed by atoms with Gasteiger partial charge in [0.05, 0.1) is 10.5 Å². The molecule has 9 heteroatoms. The number of halogens is 4. The van der Waals surface area contributed by atoms with E-state index in [4.69, 9.17) is 11.6 Å². The first-order chi connectivity index (χ1) is 11.9. The number of benzene rings is 2. The summed E-state index contributed by atoms with van der Waals surface area (Å²) in [6.45, 7) is -0.0596. The third kappa shape index (κ3) is 4.49. The summed E-state index contributed by atoms with van der Waals surface area (Å²) in [5.74, 6) is 0. The molecule has 0 spiro atoms. The van der Waals surface area contributed by atoms with Crippen molar-refractivity contribution in [1.82, 2.24) is 4.31 Å². The van der Waals surface area contributed by atoms with Gasteiger partial charge in [-0.2, -0.15) is 17.5 Å². The number of hydrogen-bond acceptors (Lipinski definition) is 3. The molecule has 4 nitrogen and oxygen atoms in total. The van der Waals surface area contributed by atoms with Crippen molar-refractivity contribution < 1.29 is 21.6 Å². The van der Waals surface area contributed by atoms with Crippen molar-refractivity contribution in [3.8, 4) is 0 Å². The zero-order chi connectivity index (χ0) is 19.7. The Morgan fingerprint density at radius 2 is 1.58 bits per heavy atom. The molecular formula is C17H18ClF3N2O2S. The van der Waals surface area contributed by atoms with Gasteiger partial charge in [-0.15, -0.1) is 0 Å². The van der Waals surface area contributed by atoms with Crippen LogP contribution in [0.2, 0.25) is 5.02 Å². The van der Waals surface area contributed by atoms with Gasteiger partial charge in [0.15, 0.2) is 0 Å². The number of alkyl halides is 3. The Labute approximate surface area is 155 Å². The fourth-order valence-electron chi connectivity index (χ4n) is 2.36. The van der Waals surface area contributed by atoms with E-state index in [1.807, 2.05) is 19.0 Å². The summed E-state index contributed by atoms with van der Waals surface area (Å²) in [5.41, 5.74) is 0.306. The van der Waals surface area contributed by atoms with Crippen molar-refractivity contribution in [1.29, 1.82) is 0 Å². The van der Waals surface area contributed by atoms with Gasteiger partial charge in [0.1, 0.15) is 0 Å². The lowest BCUT2D eigenvalue weighted by molar-refractivity contribution is -0.139. The molecule has 0 aliphatic carbocycles. The summed E-state index contributed by atoms with van der Waals surface area (Å²) in [7, 11) is 0.622. The molecule has 0 fully saturated rings. The van der Waals surface area contributed by atoms with Crippen LogP contribution in [-0.4, -0.2) is 33.9 Å². The van der Waals surface area contributed by atoms with Crippen molar-refractivity contribution in [3.63, 3.8) is 0 Å². The van der Waals surface area contributed by atoms with Gasteiger partial charge in [0, 0.05) is 38.4 Å². The van der Waals surface area contributed by atoms with Gasteiger partial charge in [0.25, 0.3) is 0 Å². The smallest absolute Gasteiger partial charge is 0.378 e. The average Bonchev–Trinajstić information content (AvgIpc) is 2.54. The fourth-order valence-corrected chi connectivity index (χ4v) is 3.88. The molecule has 0 aromatic heterocycles. The normalized spacial score (nSPS) is 12.5. The van der Waals surface area contributed by atoms with Crippen LogP contribution in [0.25, 0.3) is 0 Å². The minimum absolute atomic E-state index is 0.0596. The first-order valence-electron chi connectivity index (χ1n) is 7.52. The number of nitrogens with zero attached hydrogens (tertiary/aromatic N) is 2. The Morgan fingerprint density at radius 3 is 2.08 bits per heavy atom. The van der Waals surface area contributed by atoms with Crippen molar-refractivity contribution in [2.24, 2.45) is 0 Å². The lowest BCUT2D eigenvalue weighted by atomic mass is 10.2. The molecule has 0 heterocycles. The molecule has 0 saturated carbocycles. The molecule has 0 N–H and O–H groups in total. The zero-order valence-electron chi connectivity index (χ0n) is 14.4. The van der Waals surface area contributed by atoms with Crippen LogP contribution in [0.15, 0.2) is 47.4 Å². The summed E-state index contributed by atoms with van der Waals surface area (Å²) in [6.07, 6.45) is -4.83. The van der Waals surface area contributed by atoms with Crippen LogP contribution in [0.1, 0.15) is 11.1 Å². The van der Waals surface area contributed by atoms with Gasteiger partial charge in [-0.25, -0.2) is 8.42 Å². The number of sulfonamides is 1. The van der Waals surface area contributed by atoms with E-state index in [0.29, 0.717) is 11.6 Å². The predicted molar refractivity (Wildman–Crippen MR) is 95.9 cm³/mol. The van der Waals surface area contributed by atoms with E-state index in [1.165, 1.54) is 7.05 Å². The fraction of sp³-hybridized carbons (Fsp3) is 0.294. The highest BCUT2D eigenvalue weighted by Crippen LogP contribution is 2.37. The number of anilines is 1. The quantitative estimate of drug-likeness (QED) is 0.745. The second-order valence-corrected chi connectivity index (χ2v) is 8.41. The Bertz CT molecular complexity index is 882. The van der Waals surface area contributed by atoms with E-state index in [1.54, 1.807) is 24.3 Å². The first-order valence-corrected chi connectivity index (χ1v) is 9.34. The molecule has 0 unspecified atom stereocenters. The molecular weight excluding hydrogens is 389 g/mol. The average molecular weight is 407 g/mol. The van der Waals surface area contributed by atoms with E-state index in [-0.39, 0.29) is 11.6 Å². The van der Waals surface area contributed by atoms with Crippen LogP contribution in [-0.2, 0) is 22.7 Å². The van der Waals surface area contributed by atoms with Crippen LogP contribution in [0.3, 0.4) is 0 Å². The molecule has 26 heavy (non-hydrogen) atoms. The maximum atomic E-state index is 13.2. The molecule has 2 rings (SSSR count).